The molecule has 0 atom stereocenters. The third kappa shape index (κ3) is 3.27. The van der Waals surface area contributed by atoms with Gasteiger partial charge in [0.15, 0.2) is 0 Å². The maximum Gasteiger partial charge on any atom is 0.124 e. The summed E-state index contributed by atoms with van der Waals surface area (Å²) in [7, 11) is 1.82. The third-order valence-corrected chi connectivity index (χ3v) is 3.32. The molecule has 0 unspecified atom stereocenters. The molecule has 2 aromatic rings. The summed E-state index contributed by atoms with van der Waals surface area (Å²) in [5.41, 5.74) is 0.818. The quantitative estimate of drug-likeness (QED) is 0.903. The lowest BCUT2D eigenvalue weighted by atomic mass is 10.2. The molecular formula is C13H15FN2OS. The first-order valence-corrected chi connectivity index (χ1v) is 6.48. The number of aryl methyl sites for hydroxylation is 1. The Morgan fingerprint density at radius 3 is 2.94 bits per heavy atom. The van der Waals surface area contributed by atoms with E-state index in [2.05, 4.69) is 10.3 Å². The maximum absolute atomic E-state index is 13.1. The van der Waals surface area contributed by atoms with E-state index in [-0.39, 0.29) is 5.82 Å². The molecule has 0 fully saturated rings. The summed E-state index contributed by atoms with van der Waals surface area (Å²) in [5, 5.41) is 4.01. The van der Waals surface area contributed by atoms with Crippen LogP contribution in [-0.4, -0.2) is 12.0 Å². The van der Waals surface area contributed by atoms with Crippen LogP contribution >= 0.6 is 11.3 Å². The molecule has 1 heterocycles. The van der Waals surface area contributed by atoms with E-state index >= 15 is 0 Å². The number of aromatic nitrogens is 1. The zero-order valence-electron chi connectivity index (χ0n) is 10.4. The fraction of sp³-hybridized carbons (Fsp3) is 0.308. The van der Waals surface area contributed by atoms with Crippen LogP contribution < -0.4 is 10.1 Å². The van der Waals surface area contributed by atoms with Gasteiger partial charge in [-0.15, -0.1) is 11.3 Å². The van der Waals surface area contributed by atoms with Crippen molar-refractivity contribution in [1.82, 2.24) is 10.3 Å². The summed E-state index contributed by atoms with van der Waals surface area (Å²) >= 11 is 1.60. The van der Waals surface area contributed by atoms with Gasteiger partial charge in [0, 0.05) is 18.3 Å². The number of halogens is 1. The van der Waals surface area contributed by atoms with Crippen molar-refractivity contribution >= 4 is 11.3 Å². The molecule has 1 aromatic heterocycles. The first kappa shape index (κ1) is 13.0. The largest absolute Gasteiger partial charge is 0.488 e. The molecule has 0 spiro atoms. The molecule has 0 bridgehead atoms. The van der Waals surface area contributed by atoms with Crippen molar-refractivity contribution < 1.29 is 9.13 Å². The van der Waals surface area contributed by atoms with E-state index in [0.717, 1.165) is 15.4 Å². The van der Waals surface area contributed by atoms with Crippen LogP contribution in [0.5, 0.6) is 5.75 Å². The molecule has 1 N–H and O–H groups in total. The van der Waals surface area contributed by atoms with Crippen molar-refractivity contribution in [2.75, 3.05) is 7.05 Å². The second-order valence-electron chi connectivity index (χ2n) is 3.92. The van der Waals surface area contributed by atoms with Gasteiger partial charge in [-0.05, 0) is 32.2 Å². The van der Waals surface area contributed by atoms with E-state index in [1.807, 2.05) is 14.0 Å². The summed E-state index contributed by atoms with van der Waals surface area (Å²) in [4.78, 5) is 5.23. The number of thiazole rings is 1. The van der Waals surface area contributed by atoms with Crippen molar-refractivity contribution in [2.45, 2.75) is 20.1 Å². The monoisotopic (exact) mass is 266 g/mol. The zero-order valence-corrected chi connectivity index (χ0v) is 11.2. The minimum absolute atomic E-state index is 0.249. The Morgan fingerprint density at radius 2 is 2.28 bits per heavy atom. The van der Waals surface area contributed by atoms with Gasteiger partial charge in [0.1, 0.15) is 18.2 Å². The highest BCUT2D eigenvalue weighted by atomic mass is 32.1. The molecule has 1 aromatic carbocycles. The number of hydrogen-bond acceptors (Lipinski definition) is 4. The van der Waals surface area contributed by atoms with Gasteiger partial charge in [0.25, 0.3) is 0 Å². The first-order chi connectivity index (χ1) is 8.69. The molecule has 5 heteroatoms. The average Bonchev–Trinajstić information content (AvgIpc) is 2.75. The Morgan fingerprint density at radius 1 is 1.44 bits per heavy atom. The molecule has 0 aliphatic carbocycles. The van der Waals surface area contributed by atoms with Crippen LogP contribution in [0.3, 0.4) is 0 Å². The summed E-state index contributed by atoms with van der Waals surface area (Å²) in [5.74, 6) is 0.457. The molecular weight excluding hydrogens is 251 g/mol. The minimum Gasteiger partial charge on any atom is -0.488 e. The number of benzene rings is 1. The van der Waals surface area contributed by atoms with E-state index in [9.17, 15) is 4.39 Å². The fourth-order valence-electron chi connectivity index (χ4n) is 1.64. The molecule has 0 amide bonds. The van der Waals surface area contributed by atoms with Gasteiger partial charge >= 0.3 is 0 Å². The number of nitrogens with zero attached hydrogens (tertiary/aromatic N) is 1. The van der Waals surface area contributed by atoms with Gasteiger partial charge in [-0.25, -0.2) is 9.37 Å². The Bertz CT molecular complexity index is 527. The summed E-state index contributed by atoms with van der Waals surface area (Å²) in [6, 6.07) is 4.56. The lowest BCUT2D eigenvalue weighted by Crippen LogP contribution is -2.07. The standard InChI is InChI=1S/C13H15FN2OS/c1-9-16-7-12(18-9)8-17-13-4-3-11(14)5-10(13)6-15-2/h3-5,7,15H,6,8H2,1-2H3. The fourth-order valence-corrected chi connectivity index (χ4v) is 2.35. The smallest absolute Gasteiger partial charge is 0.124 e. The van der Waals surface area contributed by atoms with Gasteiger partial charge < -0.3 is 10.1 Å². The second-order valence-corrected chi connectivity index (χ2v) is 5.24. The average molecular weight is 266 g/mol. The Balaban J connectivity index is 2.08. The zero-order chi connectivity index (χ0) is 13.0. The summed E-state index contributed by atoms with van der Waals surface area (Å²) < 4.78 is 18.9. The van der Waals surface area contributed by atoms with Crippen LogP contribution in [0, 0.1) is 12.7 Å². The van der Waals surface area contributed by atoms with Gasteiger partial charge in [0.05, 0.1) is 9.88 Å². The van der Waals surface area contributed by atoms with E-state index in [1.165, 1.54) is 12.1 Å². The van der Waals surface area contributed by atoms with Crippen LogP contribution in [-0.2, 0) is 13.2 Å². The lowest BCUT2D eigenvalue weighted by Gasteiger charge is -2.10. The minimum atomic E-state index is -0.249. The van der Waals surface area contributed by atoms with Gasteiger partial charge in [-0.2, -0.15) is 0 Å². The Labute approximate surface area is 110 Å². The highest BCUT2D eigenvalue weighted by Gasteiger charge is 2.06. The number of rotatable bonds is 5. The van der Waals surface area contributed by atoms with Crippen LogP contribution in [0.15, 0.2) is 24.4 Å². The molecule has 0 aliphatic rings. The van der Waals surface area contributed by atoms with Crippen LogP contribution in [0.1, 0.15) is 15.4 Å². The SMILES string of the molecule is CNCc1cc(F)ccc1OCc1cnc(C)s1. The van der Waals surface area contributed by atoms with Crippen molar-refractivity contribution in [3.8, 4) is 5.75 Å². The van der Waals surface area contributed by atoms with E-state index in [1.54, 1.807) is 23.6 Å². The molecule has 0 saturated heterocycles. The van der Waals surface area contributed by atoms with Gasteiger partial charge in [0.2, 0.25) is 0 Å². The molecule has 0 saturated carbocycles. The Hall–Kier alpha value is -1.46. The van der Waals surface area contributed by atoms with E-state index < -0.39 is 0 Å². The lowest BCUT2D eigenvalue weighted by molar-refractivity contribution is 0.305. The van der Waals surface area contributed by atoms with E-state index in [4.69, 9.17) is 4.74 Å². The molecule has 18 heavy (non-hydrogen) atoms. The third-order valence-electron chi connectivity index (χ3n) is 2.43. The van der Waals surface area contributed by atoms with Crippen LogP contribution in [0.4, 0.5) is 4.39 Å². The van der Waals surface area contributed by atoms with Gasteiger partial charge in [-0.1, -0.05) is 0 Å². The van der Waals surface area contributed by atoms with E-state index in [0.29, 0.717) is 18.9 Å². The van der Waals surface area contributed by atoms with Gasteiger partial charge in [-0.3, -0.25) is 0 Å². The number of hydrogen-bond donors (Lipinski definition) is 1. The first-order valence-electron chi connectivity index (χ1n) is 5.66. The van der Waals surface area contributed by atoms with Crippen molar-refractivity contribution in [2.24, 2.45) is 0 Å². The van der Waals surface area contributed by atoms with Crippen LogP contribution in [0.25, 0.3) is 0 Å². The topological polar surface area (TPSA) is 34.1 Å². The Kier molecular flexibility index (Phi) is 4.28. The highest BCUT2D eigenvalue weighted by Crippen LogP contribution is 2.22. The van der Waals surface area contributed by atoms with Crippen molar-refractivity contribution in [1.29, 1.82) is 0 Å². The second kappa shape index (κ2) is 5.93. The summed E-state index contributed by atoms with van der Waals surface area (Å²) in [6.45, 7) is 3.00. The predicted octanol–water partition coefficient (Wildman–Crippen LogP) is 2.89. The highest BCUT2D eigenvalue weighted by molar-refractivity contribution is 7.11. The van der Waals surface area contributed by atoms with Crippen molar-refractivity contribution in [3.05, 3.63) is 45.7 Å². The van der Waals surface area contributed by atoms with Crippen molar-refractivity contribution in [3.63, 3.8) is 0 Å². The maximum atomic E-state index is 13.1. The molecule has 0 aliphatic heterocycles. The molecule has 96 valence electrons. The normalized spacial score (nSPS) is 10.6. The molecule has 2 rings (SSSR count). The number of ether oxygens (including phenoxy) is 1. The predicted molar refractivity (Wildman–Crippen MR) is 70.3 cm³/mol. The molecule has 3 nitrogen and oxygen atoms in total. The molecule has 0 radical (unpaired) electrons. The van der Waals surface area contributed by atoms with Crippen LogP contribution in [0.2, 0.25) is 0 Å². The number of nitrogens with one attached hydrogen (secondary N) is 1. The summed E-state index contributed by atoms with van der Waals surface area (Å²) in [6.07, 6.45) is 1.81.